The lowest BCUT2D eigenvalue weighted by Gasteiger charge is -2.13. The van der Waals surface area contributed by atoms with Gasteiger partial charge in [0.15, 0.2) is 0 Å². The van der Waals surface area contributed by atoms with Crippen LogP contribution in [0.25, 0.3) is 22.1 Å². The Labute approximate surface area is 185 Å². The fraction of sp³-hybridized carbons (Fsp3) is 0.154. The number of para-hydroxylation sites is 1. The van der Waals surface area contributed by atoms with Gasteiger partial charge in [0.2, 0.25) is 6.41 Å². The van der Waals surface area contributed by atoms with Crippen molar-refractivity contribution in [3.63, 3.8) is 0 Å². The van der Waals surface area contributed by atoms with Gasteiger partial charge in [0.1, 0.15) is 17.9 Å². The molecular formula is C26H23NO5. The quantitative estimate of drug-likeness (QED) is 0.287. The van der Waals surface area contributed by atoms with E-state index >= 15 is 0 Å². The molecule has 0 aliphatic rings. The number of amides is 1. The average molecular weight is 429 g/mol. The van der Waals surface area contributed by atoms with Gasteiger partial charge in [0.05, 0.1) is 19.3 Å². The first-order chi connectivity index (χ1) is 15.7. The zero-order chi connectivity index (χ0) is 22.3. The van der Waals surface area contributed by atoms with Crippen molar-refractivity contribution in [3.8, 4) is 16.9 Å². The highest BCUT2D eigenvalue weighted by atomic mass is 16.5. The molecule has 32 heavy (non-hydrogen) atoms. The molecule has 0 unspecified atom stereocenters. The average Bonchev–Trinajstić information content (AvgIpc) is 3.27. The van der Waals surface area contributed by atoms with Crippen LogP contribution in [0.2, 0.25) is 0 Å². The summed E-state index contributed by atoms with van der Waals surface area (Å²) in [5.41, 5.74) is 5.02. The molecule has 4 rings (SSSR count). The molecule has 1 N–H and O–H groups in total. The highest BCUT2D eigenvalue weighted by molar-refractivity contribution is 5.94. The fourth-order valence-electron chi connectivity index (χ4n) is 3.61. The van der Waals surface area contributed by atoms with E-state index in [0.29, 0.717) is 31.1 Å². The van der Waals surface area contributed by atoms with E-state index in [2.05, 4.69) is 5.32 Å². The van der Waals surface area contributed by atoms with Crippen LogP contribution in [-0.4, -0.2) is 19.0 Å². The highest BCUT2D eigenvalue weighted by Gasteiger charge is 2.13. The molecule has 0 spiro atoms. The second-order valence-corrected chi connectivity index (χ2v) is 7.20. The van der Waals surface area contributed by atoms with Gasteiger partial charge < -0.3 is 19.2 Å². The van der Waals surface area contributed by atoms with Crippen molar-refractivity contribution in [2.75, 3.05) is 11.9 Å². The minimum atomic E-state index is -0.283. The molecule has 1 aromatic heterocycles. The maximum atomic E-state index is 11.9. The number of fused-ring (bicyclic) bond motifs is 1. The van der Waals surface area contributed by atoms with Gasteiger partial charge in [0, 0.05) is 22.2 Å². The van der Waals surface area contributed by atoms with E-state index in [1.54, 1.807) is 13.2 Å². The zero-order valence-electron chi connectivity index (χ0n) is 17.7. The summed E-state index contributed by atoms with van der Waals surface area (Å²) in [6.45, 7) is 2.45. The molecule has 162 valence electrons. The number of rotatable bonds is 9. The Balaban J connectivity index is 1.61. The first kappa shape index (κ1) is 21.2. The van der Waals surface area contributed by atoms with Crippen LogP contribution in [-0.2, 0) is 27.4 Å². The van der Waals surface area contributed by atoms with E-state index in [1.165, 1.54) is 0 Å². The van der Waals surface area contributed by atoms with Crippen LogP contribution < -0.4 is 10.1 Å². The van der Waals surface area contributed by atoms with Gasteiger partial charge in [-0.3, -0.25) is 9.59 Å². The molecule has 0 fully saturated rings. The van der Waals surface area contributed by atoms with Crippen LogP contribution in [0.4, 0.5) is 5.69 Å². The van der Waals surface area contributed by atoms with Gasteiger partial charge in [-0.2, -0.15) is 0 Å². The molecule has 0 bridgehead atoms. The van der Waals surface area contributed by atoms with Gasteiger partial charge in [0.25, 0.3) is 0 Å². The van der Waals surface area contributed by atoms with Crippen molar-refractivity contribution in [2.45, 2.75) is 20.0 Å². The summed E-state index contributed by atoms with van der Waals surface area (Å²) in [5.74, 6) is 0.362. The van der Waals surface area contributed by atoms with Gasteiger partial charge >= 0.3 is 5.97 Å². The third kappa shape index (κ3) is 4.81. The lowest BCUT2D eigenvalue weighted by molar-refractivity contribution is -0.142. The lowest BCUT2D eigenvalue weighted by atomic mass is 10.00. The maximum Gasteiger partial charge on any atom is 0.310 e. The molecular weight excluding hydrogens is 406 g/mol. The van der Waals surface area contributed by atoms with Gasteiger partial charge in [-0.05, 0) is 54.4 Å². The second-order valence-electron chi connectivity index (χ2n) is 7.20. The smallest absolute Gasteiger partial charge is 0.310 e. The molecule has 6 heteroatoms. The third-order valence-electron chi connectivity index (χ3n) is 5.02. The number of carbonyl (C=O) groups is 2. The van der Waals surface area contributed by atoms with E-state index < -0.39 is 0 Å². The van der Waals surface area contributed by atoms with Crippen molar-refractivity contribution in [2.24, 2.45) is 0 Å². The summed E-state index contributed by atoms with van der Waals surface area (Å²) in [5, 5.41) is 3.63. The van der Waals surface area contributed by atoms with Gasteiger partial charge in [-0.25, -0.2) is 0 Å². The van der Waals surface area contributed by atoms with Crippen molar-refractivity contribution in [1.29, 1.82) is 0 Å². The Morgan fingerprint density at radius 2 is 1.94 bits per heavy atom. The molecule has 0 saturated heterocycles. The topological polar surface area (TPSA) is 77.8 Å². The first-order valence-electron chi connectivity index (χ1n) is 10.3. The Kier molecular flexibility index (Phi) is 6.51. The number of anilines is 1. The Morgan fingerprint density at radius 1 is 1.06 bits per heavy atom. The minimum absolute atomic E-state index is 0.159. The number of esters is 1. The molecule has 1 amide bonds. The monoisotopic (exact) mass is 429 g/mol. The lowest BCUT2D eigenvalue weighted by Crippen LogP contribution is -2.09. The van der Waals surface area contributed by atoms with Crippen molar-refractivity contribution < 1.29 is 23.5 Å². The number of benzene rings is 3. The van der Waals surface area contributed by atoms with E-state index in [1.807, 2.05) is 66.7 Å². The SMILES string of the molecule is CCOC(=O)Cc1ccccc1OCc1cc(-c2cccc(NC=O)c2)c2occc2c1. The standard InChI is InChI=1S/C26H23NO5/c1-2-30-25(29)15-20-6-3-4-9-24(20)32-16-18-12-21-10-11-31-26(21)23(13-18)19-7-5-8-22(14-19)27-17-28/h3-14,17H,2,15-16H2,1H3,(H,27,28). The largest absolute Gasteiger partial charge is 0.489 e. The first-order valence-corrected chi connectivity index (χ1v) is 10.3. The van der Waals surface area contributed by atoms with E-state index in [4.69, 9.17) is 13.9 Å². The van der Waals surface area contributed by atoms with Gasteiger partial charge in [-0.15, -0.1) is 0 Å². The van der Waals surface area contributed by atoms with Crippen molar-refractivity contribution in [3.05, 3.63) is 84.1 Å². The highest BCUT2D eigenvalue weighted by Crippen LogP contribution is 2.33. The normalized spacial score (nSPS) is 10.7. The minimum Gasteiger partial charge on any atom is -0.489 e. The van der Waals surface area contributed by atoms with Crippen LogP contribution in [0, 0.1) is 0 Å². The molecule has 4 aromatic rings. The van der Waals surface area contributed by atoms with Crippen LogP contribution >= 0.6 is 0 Å². The molecule has 0 radical (unpaired) electrons. The molecule has 0 atom stereocenters. The fourth-order valence-corrected chi connectivity index (χ4v) is 3.61. The van der Waals surface area contributed by atoms with Crippen LogP contribution in [0.5, 0.6) is 5.75 Å². The number of furan rings is 1. The number of nitrogens with one attached hydrogen (secondary N) is 1. The molecule has 0 aliphatic heterocycles. The molecule has 0 aliphatic carbocycles. The van der Waals surface area contributed by atoms with Crippen molar-refractivity contribution in [1.82, 2.24) is 0 Å². The Hall–Kier alpha value is -4.06. The van der Waals surface area contributed by atoms with E-state index in [0.717, 1.165) is 33.2 Å². The number of hydrogen-bond acceptors (Lipinski definition) is 5. The summed E-state index contributed by atoms with van der Waals surface area (Å²) in [6.07, 6.45) is 2.47. The summed E-state index contributed by atoms with van der Waals surface area (Å²) < 4.78 is 16.9. The molecule has 1 heterocycles. The molecule has 0 saturated carbocycles. The second kappa shape index (κ2) is 9.83. The summed E-state index contributed by atoms with van der Waals surface area (Å²) in [6, 6.07) is 21.0. The van der Waals surface area contributed by atoms with E-state index in [-0.39, 0.29) is 12.4 Å². The number of carbonyl (C=O) groups excluding carboxylic acids is 2. The molecule has 3 aromatic carbocycles. The van der Waals surface area contributed by atoms with Crippen molar-refractivity contribution >= 4 is 29.0 Å². The zero-order valence-corrected chi connectivity index (χ0v) is 17.7. The predicted molar refractivity (Wildman–Crippen MR) is 122 cm³/mol. The third-order valence-corrected chi connectivity index (χ3v) is 5.02. The number of ether oxygens (including phenoxy) is 2. The van der Waals surface area contributed by atoms with Crippen LogP contribution in [0.1, 0.15) is 18.1 Å². The summed E-state index contributed by atoms with van der Waals surface area (Å²) in [7, 11) is 0. The van der Waals surface area contributed by atoms with Crippen LogP contribution in [0.3, 0.4) is 0 Å². The Morgan fingerprint density at radius 3 is 2.78 bits per heavy atom. The predicted octanol–water partition coefficient (Wildman–Crippen LogP) is 5.35. The summed E-state index contributed by atoms with van der Waals surface area (Å²) >= 11 is 0. The van der Waals surface area contributed by atoms with E-state index in [9.17, 15) is 9.59 Å². The van der Waals surface area contributed by atoms with Gasteiger partial charge in [-0.1, -0.05) is 30.3 Å². The number of hydrogen-bond donors (Lipinski definition) is 1. The molecule has 6 nitrogen and oxygen atoms in total. The van der Waals surface area contributed by atoms with Crippen LogP contribution in [0.15, 0.2) is 77.4 Å². The Bertz CT molecular complexity index is 1240. The maximum absolute atomic E-state index is 11.9. The summed E-state index contributed by atoms with van der Waals surface area (Å²) in [4.78, 5) is 22.7.